The second-order valence-electron chi connectivity index (χ2n) is 6.06. The molecule has 0 aliphatic carbocycles. The second kappa shape index (κ2) is 9.25. The number of nitrogens with one attached hydrogen (secondary N) is 1. The number of benzene rings is 2. The molecule has 7 nitrogen and oxygen atoms in total. The first-order valence-corrected chi connectivity index (χ1v) is 8.80. The van der Waals surface area contributed by atoms with Crippen molar-refractivity contribution in [2.75, 3.05) is 11.9 Å². The summed E-state index contributed by atoms with van der Waals surface area (Å²) in [6.07, 6.45) is -3.90. The van der Waals surface area contributed by atoms with Crippen molar-refractivity contribution in [3.05, 3.63) is 60.2 Å². The summed E-state index contributed by atoms with van der Waals surface area (Å²) in [5.41, 5.74) is 6.39. The van der Waals surface area contributed by atoms with Gasteiger partial charge >= 0.3 is 6.36 Å². The summed E-state index contributed by atoms with van der Waals surface area (Å²) < 4.78 is 59.4. The van der Waals surface area contributed by atoms with Crippen molar-refractivity contribution in [2.24, 2.45) is 10.7 Å². The standard InChI is InChI=1S/C19H17F4N5O2/c20-13-9-7-12(8-10-13)17-27-16(30-28-17)6-3-11-25-18(24)26-14-4-1-2-5-15(14)29-19(21,22)23/h1-2,4-5,7-10H,3,6,11H2,(H3,24,25,26). The Morgan fingerprint density at radius 1 is 1.13 bits per heavy atom. The average molecular weight is 423 g/mol. The van der Waals surface area contributed by atoms with Gasteiger partial charge in [-0.1, -0.05) is 17.3 Å². The molecule has 3 rings (SSSR count). The van der Waals surface area contributed by atoms with Gasteiger partial charge in [0.05, 0.1) is 5.69 Å². The number of para-hydroxylation sites is 2. The lowest BCUT2D eigenvalue weighted by molar-refractivity contribution is -0.274. The third-order valence-corrected chi connectivity index (χ3v) is 3.78. The van der Waals surface area contributed by atoms with Gasteiger partial charge in [-0.15, -0.1) is 13.2 Å². The predicted molar refractivity (Wildman–Crippen MR) is 101 cm³/mol. The maximum absolute atomic E-state index is 13.0. The molecule has 158 valence electrons. The largest absolute Gasteiger partial charge is 0.573 e. The van der Waals surface area contributed by atoms with Gasteiger partial charge in [-0.2, -0.15) is 4.98 Å². The van der Waals surface area contributed by atoms with Crippen LogP contribution in [0.25, 0.3) is 11.4 Å². The Morgan fingerprint density at radius 3 is 2.60 bits per heavy atom. The molecular formula is C19H17F4N5O2. The summed E-state index contributed by atoms with van der Waals surface area (Å²) in [6.45, 7) is 0.273. The van der Waals surface area contributed by atoms with Crippen molar-refractivity contribution < 1.29 is 26.8 Å². The number of ether oxygens (including phenoxy) is 1. The van der Waals surface area contributed by atoms with E-state index in [0.29, 0.717) is 30.1 Å². The molecule has 0 amide bonds. The fourth-order valence-electron chi connectivity index (χ4n) is 2.46. The Balaban J connectivity index is 1.51. The topological polar surface area (TPSA) is 98.6 Å². The number of hydrogen-bond donors (Lipinski definition) is 2. The average Bonchev–Trinajstić information content (AvgIpc) is 3.15. The normalized spacial score (nSPS) is 12.1. The lowest BCUT2D eigenvalue weighted by Gasteiger charge is -2.14. The highest BCUT2D eigenvalue weighted by atomic mass is 19.4. The minimum Gasteiger partial charge on any atom is -0.404 e. The van der Waals surface area contributed by atoms with Gasteiger partial charge in [0.1, 0.15) is 5.82 Å². The molecule has 0 saturated heterocycles. The van der Waals surface area contributed by atoms with E-state index in [4.69, 9.17) is 10.3 Å². The molecule has 0 fully saturated rings. The molecule has 0 saturated carbocycles. The first-order valence-electron chi connectivity index (χ1n) is 8.80. The van der Waals surface area contributed by atoms with Crippen LogP contribution in [0.1, 0.15) is 12.3 Å². The van der Waals surface area contributed by atoms with Crippen LogP contribution in [0.4, 0.5) is 23.2 Å². The molecule has 1 heterocycles. The second-order valence-corrected chi connectivity index (χ2v) is 6.06. The Hall–Kier alpha value is -3.63. The summed E-state index contributed by atoms with van der Waals surface area (Å²) in [5.74, 6) is -0.122. The molecule has 3 aromatic rings. The lowest BCUT2D eigenvalue weighted by Crippen LogP contribution is -2.24. The van der Waals surface area contributed by atoms with Gasteiger partial charge < -0.3 is 20.3 Å². The number of alkyl halides is 3. The molecule has 0 spiro atoms. The maximum Gasteiger partial charge on any atom is 0.573 e. The van der Waals surface area contributed by atoms with E-state index in [1.54, 1.807) is 12.1 Å². The number of halogens is 4. The van der Waals surface area contributed by atoms with Crippen molar-refractivity contribution >= 4 is 11.6 Å². The van der Waals surface area contributed by atoms with Gasteiger partial charge in [-0.3, -0.25) is 4.99 Å². The Morgan fingerprint density at radius 2 is 1.87 bits per heavy atom. The number of aliphatic imine (C=N–C) groups is 1. The van der Waals surface area contributed by atoms with Gasteiger partial charge in [0.15, 0.2) is 11.7 Å². The predicted octanol–water partition coefficient (Wildman–Crippen LogP) is 4.13. The minimum absolute atomic E-state index is 0.0388. The molecule has 0 atom stereocenters. The highest BCUT2D eigenvalue weighted by Crippen LogP contribution is 2.29. The minimum atomic E-state index is -4.82. The number of nitrogens with two attached hydrogens (primary N) is 1. The first-order chi connectivity index (χ1) is 14.3. The molecule has 2 aromatic carbocycles. The van der Waals surface area contributed by atoms with E-state index in [0.717, 1.165) is 6.07 Å². The van der Waals surface area contributed by atoms with E-state index in [9.17, 15) is 17.6 Å². The number of anilines is 1. The Kier molecular flexibility index (Phi) is 6.50. The molecule has 30 heavy (non-hydrogen) atoms. The monoisotopic (exact) mass is 423 g/mol. The lowest BCUT2D eigenvalue weighted by atomic mass is 10.2. The van der Waals surface area contributed by atoms with Crippen molar-refractivity contribution in [3.63, 3.8) is 0 Å². The number of nitrogens with zero attached hydrogens (tertiary/aromatic N) is 3. The molecule has 0 radical (unpaired) electrons. The van der Waals surface area contributed by atoms with Crippen LogP contribution in [0.2, 0.25) is 0 Å². The van der Waals surface area contributed by atoms with Crippen LogP contribution in [-0.4, -0.2) is 29.0 Å². The Bertz CT molecular complexity index is 1000. The molecule has 0 unspecified atom stereocenters. The molecular weight excluding hydrogens is 406 g/mol. The van der Waals surface area contributed by atoms with Gasteiger partial charge in [-0.05, 0) is 42.8 Å². The number of aryl methyl sites for hydroxylation is 1. The number of hydrogen-bond acceptors (Lipinski definition) is 5. The summed E-state index contributed by atoms with van der Waals surface area (Å²) in [6, 6.07) is 11.2. The van der Waals surface area contributed by atoms with Crippen molar-refractivity contribution in [1.29, 1.82) is 0 Å². The van der Waals surface area contributed by atoms with Crippen LogP contribution in [0, 0.1) is 5.82 Å². The Labute approximate surface area is 168 Å². The fraction of sp³-hybridized carbons (Fsp3) is 0.211. The summed E-state index contributed by atoms with van der Waals surface area (Å²) >= 11 is 0. The molecule has 0 aliphatic heterocycles. The van der Waals surface area contributed by atoms with Gasteiger partial charge in [0, 0.05) is 18.5 Å². The number of rotatable bonds is 7. The third kappa shape index (κ3) is 6.19. The molecule has 3 N–H and O–H groups in total. The summed E-state index contributed by atoms with van der Waals surface area (Å²) in [5, 5.41) is 6.42. The van der Waals surface area contributed by atoms with Crippen molar-refractivity contribution in [2.45, 2.75) is 19.2 Å². The summed E-state index contributed by atoms with van der Waals surface area (Å²) in [7, 11) is 0. The maximum atomic E-state index is 13.0. The molecule has 11 heteroatoms. The van der Waals surface area contributed by atoms with Gasteiger partial charge in [0.2, 0.25) is 11.7 Å². The van der Waals surface area contributed by atoms with E-state index >= 15 is 0 Å². The highest BCUT2D eigenvalue weighted by molar-refractivity contribution is 5.93. The van der Waals surface area contributed by atoms with Crippen LogP contribution < -0.4 is 15.8 Å². The van der Waals surface area contributed by atoms with Crippen LogP contribution in [0.3, 0.4) is 0 Å². The zero-order valence-corrected chi connectivity index (χ0v) is 15.5. The van der Waals surface area contributed by atoms with E-state index in [1.807, 2.05) is 0 Å². The van der Waals surface area contributed by atoms with Crippen molar-refractivity contribution in [3.8, 4) is 17.1 Å². The highest BCUT2D eigenvalue weighted by Gasteiger charge is 2.32. The van der Waals surface area contributed by atoms with E-state index in [-0.39, 0.29) is 24.0 Å². The smallest absolute Gasteiger partial charge is 0.404 e. The van der Waals surface area contributed by atoms with Crippen LogP contribution >= 0.6 is 0 Å². The van der Waals surface area contributed by atoms with E-state index in [2.05, 4.69) is 25.2 Å². The first kappa shape index (κ1) is 21.1. The van der Waals surface area contributed by atoms with Gasteiger partial charge in [0.25, 0.3) is 0 Å². The quantitative estimate of drug-likeness (QED) is 0.257. The molecule has 0 bridgehead atoms. The van der Waals surface area contributed by atoms with E-state index in [1.165, 1.54) is 30.3 Å². The third-order valence-electron chi connectivity index (χ3n) is 3.78. The summed E-state index contributed by atoms with van der Waals surface area (Å²) in [4.78, 5) is 8.28. The zero-order valence-electron chi connectivity index (χ0n) is 15.5. The SMILES string of the molecule is NC(=NCCCc1nc(-c2ccc(F)cc2)no1)Nc1ccccc1OC(F)(F)F. The van der Waals surface area contributed by atoms with Gasteiger partial charge in [-0.25, -0.2) is 4.39 Å². The molecule has 1 aromatic heterocycles. The van der Waals surface area contributed by atoms with Crippen LogP contribution in [-0.2, 0) is 6.42 Å². The van der Waals surface area contributed by atoms with Crippen LogP contribution in [0.5, 0.6) is 5.75 Å². The van der Waals surface area contributed by atoms with E-state index < -0.39 is 12.1 Å². The number of aromatic nitrogens is 2. The molecule has 0 aliphatic rings. The zero-order chi connectivity index (χ0) is 21.6. The number of guanidine groups is 1. The van der Waals surface area contributed by atoms with Crippen molar-refractivity contribution in [1.82, 2.24) is 10.1 Å². The fourth-order valence-corrected chi connectivity index (χ4v) is 2.46. The van der Waals surface area contributed by atoms with Crippen LogP contribution in [0.15, 0.2) is 58.0 Å².